The van der Waals surface area contributed by atoms with E-state index in [0.717, 1.165) is 12.8 Å². The predicted octanol–water partition coefficient (Wildman–Crippen LogP) is 2.46. The normalized spacial score (nSPS) is 23.1. The van der Waals surface area contributed by atoms with Crippen LogP contribution in [0.1, 0.15) is 36.5 Å². The van der Waals surface area contributed by atoms with Gasteiger partial charge in [0.25, 0.3) is 5.91 Å². The molecule has 2 aliphatic heterocycles. The van der Waals surface area contributed by atoms with E-state index < -0.39 is 0 Å². The number of rotatable bonds is 5. The van der Waals surface area contributed by atoms with Crippen molar-refractivity contribution in [3.8, 4) is 11.5 Å². The first-order valence-corrected chi connectivity index (χ1v) is 9.15. The Morgan fingerprint density at radius 2 is 1.89 bits per heavy atom. The minimum Gasteiger partial charge on any atom is -0.456 e. The molecule has 4 rings (SSSR count). The molecular weight excluding hydrogens is 344 g/mol. The van der Waals surface area contributed by atoms with Gasteiger partial charge in [-0.05, 0) is 55.7 Å². The molecule has 0 spiro atoms. The standard InChI is InChI=1S/C20H22N4O3/c1-12(25)22-19-9-7-16(11-21-19)27-15-5-2-13(3-6-15)20(26)24-18-10-14-4-8-17(18)23-14/h2-3,5-7,9,11,14,17-18,23H,4,8,10H2,1H3,(H,24,26)(H,21,22,25)/t14-,17+,18-/m1/s1. The molecule has 1 aromatic carbocycles. The van der Waals surface area contributed by atoms with Gasteiger partial charge in [-0.2, -0.15) is 0 Å². The Kier molecular flexibility index (Phi) is 4.77. The Labute approximate surface area is 157 Å². The molecule has 3 N–H and O–H groups in total. The molecule has 7 heteroatoms. The van der Waals surface area contributed by atoms with E-state index in [2.05, 4.69) is 20.9 Å². The van der Waals surface area contributed by atoms with Crippen LogP contribution in [0, 0.1) is 0 Å². The molecule has 0 aliphatic carbocycles. The molecule has 2 aliphatic rings. The molecule has 2 fully saturated rings. The zero-order valence-corrected chi connectivity index (χ0v) is 15.1. The van der Waals surface area contributed by atoms with Crippen LogP contribution < -0.4 is 20.7 Å². The van der Waals surface area contributed by atoms with Crippen LogP contribution in [-0.2, 0) is 4.79 Å². The van der Waals surface area contributed by atoms with E-state index in [1.165, 1.54) is 19.5 Å². The number of fused-ring (bicyclic) bond motifs is 2. The summed E-state index contributed by atoms with van der Waals surface area (Å²) in [5.41, 5.74) is 0.615. The Morgan fingerprint density at radius 1 is 1.11 bits per heavy atom. The summed E-state index contributed by atoms with van der Waals surface area (Å²) in [6.07, 6.45) is 4.90. The quantitative estimate of drug-likeness (QED) is 0.756. The summed E-state index contributed by atoms with van der Waals surface area (Å²) in [7, 11) is 0. The SMILES string of the molecule is CC(=O)Nc1ccc(Oc2ccc(C(=O)N[C@@H]3C[C@H]4CC[C@@H]3N4)cc2)cn1. The number of nitrogens with one attached hydrogen (secondary N) is 3. The monoisotopic (exact) mass is 366 g/mol. The molecule has 2 saturated heterocycles. The molecule has 0 saturated carbocycles. The minimum absolute atomic E-state index is 0.0535. The van der Waals surface area contributed by atoms with Crippen molar-refractivity contribution in [3.63, 3.8) is 0 Å². The van der Waals surface area contributed by atoms with Crippen LogP contribution in [-0.4, -0.2) is 34.9 Å². The molecule has 0 unspecified atom stereocenters. The fraction of sp³-hybridized carbons (Fsp3) is 0.350. The van der Waals surface area contributed by atoms with Gasteiger partial charge in [0.15, 0.2) is 0 Å². The molecule has 3 heterocycles. The summed E-state index contributed by atoms with van der Waals surface area (Å²) in [5, 5.41) is 9.25. The highest BCUT2D eigenvalue weighted by Crippen LogP contribution is 2.28. The van der Waals surface area contributed by atoms with E-state index in [1.807, 2.05) is 0 Å². The predicted molar refractivity (Wildman–Crippen MR) is 101 cm³/mol. The van der Waals surface area contributed by atoms with Gasteiger partial charge < -0.3 is 20.7 Å². The first-order valence-electron chi connectivity index (χ1n) is 9.15. The van der Waals surface area contributed by atoms with E-state index in [0.29, 0.717) is 35.0 Å². The number of amides is 2. The average molecular weight is 366 g/mol. The fourth-order valence-corrected chi connectivity index (χ4v) is 3.74. The summed E-state index contributed by atoms with van der Waals surface area (Å²) in [6, 6.07) is 11.6. The molecule has 3 atom stereocenters. The zero-order chi connectivity index (χ0) is 18.8. The van der Waals surface area contributed by atoms with Crippen molar-refractivity contribution in [3.05, 3.63) is 48.2 Å². The third-order valence-corrected chi connectivity index (χ3v) is 5.01. The topological polar surface area (TPSA) is 92.3 Å². The van der Waals surface area contributed by atoms with Crippen LogP contribution in [0.3, 0.4) is 0 Å². The van der Waals surface area contributed by atoms with Crippen molar-refractivity contribution >= 4 is 17.6 Å². The van der Waals surface area contributed by atoms with Crippen LogP contribution in [0.4, 0.5) is 5.82 Å². The lowest BCUT2D eigenvalue weighted by Gasteiger charge is -2.21. The number of aromatic nitrogens is 1. The average Bonchev–Trinajstić information content (AvgIpc) is 3.26. The number of ether oxygens (including phenoxy) is 1. The molecular formula is C20H22N4O3. The van der Waals surface area contributed by atoms with Gasteiger partial charge in [-0.15, -0.1) is 0 Å². The smallest absolute Gasteiger partial charge is 0.251 e. The van der Waals surface area contributed by atoms with E-state index in [9.17, 15) is 9.59 Å². The molecule has 27 heavy (non-hydrogen) atoms. The van der Waals surface area contributed by atoms with Gasteiger partial charge in [0.05, 0.1) is 6.20 Å². The van der Waals surface area contributed by atoms with E-state index in [1.54, 1.807) is 36.4 Å². The van der Waals surface area contributed by atoms with Gasteiger partial charge in [0.1, 0.15) is 17.3 Å². The lowest BCUT2D eigenvalue weighted by Crippen LogP contribution is -2.42. The Morgan fingerprint density at radius 3 is 2.48 bits per heavy atom. The van der Waals surface area contributed by atoms with Crippen molar-refractivity contribution in [2.45, 2.75) is 44.3 Å². The summed E-state index contributed by atoms with van der Waals surface area (Å²) in [6.45, 7) is 1.43. The second kappa shape index (κ2) is 7.36. The van der Waals surface area contributed by atoms with Gasteiger partial charge in [0, 0.05) is 30.6 Å². The van der Waals surface area contributed by atoms with Gasteiger partial charge in [-0.1, -0.05) is 0 Å². The van der Waals surface area contributed by atoms with Crippen LogP contribution in [0.5, 0.6) is 11.5 Å². The number of hydrogen-bond acceptors (Lipinski definition) is 5. The van der Waals surface area contributed by atoms with Crippen LogP contribution in [0.2, 0.25) is 0 Å². The summed E-state index contributed by atoms with van der Waals surface area (Å²) < 4.78 is 5.73. The Bertz CT molecular complexity index is 835. The molecule has 2 aromatic rings. The third kappa shape index (κ3) is 4.09. The number of carbonyl (C=O) groups excluding carboxylic acids is 2. The summed E-state index contributed by atoms with van der Waals surface area (Å²) >= 11 is 0. The van der Waals surface area contributed by atoms with Crippen LogP contribution in [0.25, 0.3) is 0 Å². The van der Waals surface area contributed by atoms with E-state index in [4.69, 9.17) is 4.74 Å². The second-order valence-corrected chi connectivity index (χ2v) is 7.05. The fourth-order valence-electron chi connectivity index (χ4n) is 3.74. The van der Waals surface area contributed by atoms with Gasteiger partial charge in [-0.3, -0.25) is 9.59 Å². The third-order valence-electron chi connectivity index (χ3n) is 5.01. The number of hydrogen-bond donors (Lipinski definition) is 3. The maximum atomic E-state index is 12.4. The second-order valence-electron chi connectivity index (χ2n) is 7.05. The van der Waals surface area contributed by atoms with Gasteiger partial charge >= 0.3 is 0 Å². The molecule has 140 valence electrons. The molecule has 1 aromatic heterocycles. The number of pyridine rings is 1. The molecule has 2 bridgehead atoms. The number of benzene rings is 1. The number of nitrogens with zero attached hydrogens (tertiary/aromatic N) is 1. The Balaban J connectivity index is 1.34. The largest absolute Gasteiger partial charge is 0.456 e. The van der Waals surface area contributed by atoms with Crippen LogP contribution in [0.15, 0.2) is 42.6 Å². The zero-order valence-electron chi connectivity index (χ0n) is 15.1. The van der Waals surface area contributed by atoms with E-state index >= 15 is 0 Å². The summed E-state index contributed by atoms with van der Waals surface area (Å²) in [4.78, 5) is 27.6. The lowest BCUT2D eigenvalue weighted by atomic mass is 9.95. The van der Waals surface area contributed by atoms with E-state index in [-0.39, 0.29) is 17.9 Å². The highest BCUT2D eigenvalue weighted by Gasteiger charge is 2.39. The number of anilines is 1. The van der Waals surface area contributed by atoms with Crippen molar-refractivity contribution < 1.29 is 14.3 Å². The van der Waals surface area contributed by atoms with Gasteiger partial charge in [0.2, 0.25) is 5.91 Å². The highest BCUT2D eigenvalue weighted by molar-refractivity contribution is 5.94. The number of carbonyl (C=O) groups is 2. The summed E-state index contributed by atoms with van der Waals surface area (Å²) in [5.74, 6) is 1.40. The molecule has 0 radical (unpaired) electrons. The Hall–Kier alpha value is -2.93. The first-order chi connectivity index (χ1) is 13.1. The van der Waals surface area contributed by atoms with Crippen molar-refractivity contribution in [2.75, 3.05) is 5.32 Å². The lowest BCUT2D eigenvalue weighted by molar-refractivity contribution is -0.114. The first kappa shape index (κ1) is 17.5. The molecule has 2 amide bonds. The minimum atomic E-state index is -0.175. The van der Waals surface area contributed by atoms with Crippen LogP contribution >= 0.6 is 0 Å². The molecule has 7 nitrogen and oxygen atoms in total. The highest BCUT2D eigenvalue weighted by atomic mass is 16.5. The van der Waals surface area contributed by atoms with Gasteiger partial charge in [-0.25, -0.2) is 4.98 Å². The van der Waals surface area contributed by atoms with Crippen molar-refractivity contribution in [1.29, 1.82) is 0 Å². The maximum absolute atomic E-state index is 12.4. The van der Waals surface area contributed by atoms with Crippen molar-refractivity contribution in [1.82, 2.24) is 15.6 Å². The van der Waals surface area contributed by atoms with Crippen molar-refractivity contribution in [2.24, 2.45) is 0 Å². The maximum Gasteiger partial charge on any atom is 0.251 e.